The lowest BCUT2D eigenvalue weighted by Crippen LogP contribution is -2.38. The molecule has 0 nitrogen and oxygen atoms in total. The van der Waals surface area contributed by atoms with Crippen LogP contribution in [0.5, 0.6) is 0 Å². The maximum atomic E-state index is 2.58. The van der Waals surface area contributed by atoms with E-state index in [-0.39, 0.29) is 0 Å². The summed E-state index contributed by atoms with van der Waals surface area (Å²) in [5.74, 6) is 2.06. The van der Waals surface area contributed by atoms with Gasteiger partial charge in [0.2, 0.25) is 0 Å². The SMILES string of the molecule is CC12CC3=CC(CC(C3)C1)C2. The highest BCUT2D eigenvalue weighted by molar-refractivity contribution is 5.20. The molecule has 0 heteroatoms. The molecule has 0 spiro atoms. The fraction of sp³-hybridized carbons (Fsp3) is 0.818. The molecule has 60 valence electrons. The lowest BCUT2D eigenvalue weighted by Gasteiger charge is -2.51. The minimum Gasteiger partial charge on any atom is -0.0822 e. The first-order valence-electron chi connectivity index (χ1n) is 4.93. The third-order valence-corrected chi connectivity index (χ3v) is 3.85. The Balaban J connectivity index is 2.06. The minimum absolute atomic E-state index is 0.732. The molecule has 0 radical (unpaired) electrons. The van der Waals surface area contributed by atoms with E-state index in [1.165, 1.54) is 32.1 Å². The van der Waals surface area contributed by atoms with Gasteiger partial charge in [-0.05, 0) is 49.4 Å². The summed E-state index contributed by atoms with van der Waals surface area (Å²) >= 11 is 0. The highest BCUT2D eigenvalue weighted by atomic mass is 14.5. The van der Waals surface area contributed by atoms with Gasteiger partial charge < -0.3 is 0 Å². The Hall–Kier alpha value is -0.260. The van der Waals surface area contributed by atoms with Gasteiger partial charge in [-0.25, -0.2) is 0 Å². The molecule has 11 heavy (non-hydrogen) atoms. The summed E-state index contributed by atoms with van der Waals surface area (Å²) in [7, 11) is 0. The van der Waals surface area contributed by atoms with E-state index in [4.69, 9.17) is 0 Å². The highest BCUT2D eigenvalue weighted by Gasteiger charge is 2.44. The molecule has 0 heterocycles. The van der Waals surface area contributed by atoms with Crippen molar-refractivity contribution < 1.29 is 0 Å². The number of hydrogen-bond acceptors (Lipinski definition) is 0. The average Bonchev–Trinajstić information content (AvgIpc) is 1.79. The molecule has 3 unspecified atom stereocenters. The molecular formula is C11H16. The van der Waals surface area contributed by atoms with Crippen LogP contribution in [0.2, 0.25) is 0 Å². The van der Waals surface area contributed by atoms with Crippen molar-refractivity contribution >= 4 is 0 Å². The Morgan fingerprint density at radius 2 is 2.36 bits per heavy atom. The van der Waals surface area contributed by atoms with Crippen molar-refractivity contribution in [3.63, 3.8) is 0 Å². The standard InChI is InChI=1S/C11H16/c1-11-5-8-2-9(6-11)4-10(3-8)7-11/h2,8,10H,3-7H2,1H3. The van der Waals surface area contributed by atoms with Crippen molar-refractivity contribution in [2.45, 2.75) is 39.0 Å². The van der Waals surface area contributed by atoms with E-state index in [9.17, 15) is 0 Å². The van der Waals surface area contributed by atoms with Gasteiger partial charge in [-0.3, -0.25) is 0 Å². The fourth-order valence-corrected chi connectivity index (χ4v) is 3.89. The van der Waals surface area contributed by atoms with Gasteiger partial charge in [-0.2, -0.15) is 0 Å². The van der Waals surface area contributed by atoms with Crippen molar-refractivity contribution in [2.24, 2.45) is 17.3 Å². The first-order valence-corrected chi connectivity index (χ1v) is 4.93. The summed E-state index contributed by atoms with van der Waals surface area (Å²) in [5.41, 5.74) is 2.53. The summed E-state index contributed by atoms with van der Waals surface area (Å²) in [6.45, 7) is 2.50. The quantitative estimate of drug-likeness (QED) is 0.463. The van der Waals surface area contributed by atoms with Crippen LogP contribution in [0.1, 0.15) is 39.0 Å². The summed E-state index contributed by atoms with van der Waals surface area (Å²) in [5, 5.41) is 0. The van der Waals surface area contributed by atoms with E-state index in [0.29, 0.717) is 0 Å². The highest BCUT2D eigenvalue weighted by Crippen LogP contribution is 2.56. The molecule has 0 N–H and O–H groups in total. The van der Waals surface area contributed by atoms with E-state index >= 15 is 0 Å². The third-order valence-electron chi connectivity index (χ3n) is 3.85. The average molecular weight is 148 g/mol. The van der Waals surface area contributed by atoms with E-state index in [2.05, 4.69) is 13.0 Å². The Morgan fingerprint density at radius 3 is 3.00 bits per heavy atom. The molecule has 3 atom stereocenters. The molecule has 0 amide bonds. The smallest absolute Gasteiger partial charge is 0.0223 e. The second kappa shape index (κ2) is 1.73. The number of rotatable bonds is 0. The van der Waals surface area contributed by atoms with Gasteiger partial charge in [0.1, 0.15) is 0 Å². The topological polar surface area (TPSA) is 0 Å². The predicted molar refractivity (Wildman–Crippen MR) is 46.3 cm³/mol. The summed E-state index contributed by atoms with van der Waals surface area (Å²) in [6, 6.07) is 0. The van der Waals surface area contributed by atoms with Crippen LogP contribution in [0.3, 0.4) is 0 Å². The molecule has 2 saturated carbocycles. The lowest BCUT2D eigenvalue weighted by molar-refractivity contribution is 0.0806. The minimum atomic E-state index is 0.732. The van der Waals surface area contributed by atoms with Crippen molar-refractivity contribution in [1.82, 2.24) is 0 Å². The maximum Gasteiger partial charge on any atom is -0.0223 e. The zero-order valence-corrected chi connectivity index (χ0v) is 7.27. The molecule has 4 aliphatic carbocycles. The molecule has 0 aromatic heterocycles. The van der Waals surface area contributed by atoms with E-state index in [1.807, 2.05) is 0 Å². The van der Waals surface area contributed by atoms with Crippen LogP contribution in [-0.2, 0) is 0 Å². The van der Waals surface area contributed by atoms with Crippen LogP contribution in [0.15, 0.2) is 11.6 Å². The summed E-state index contributed by atoms with van der Waals surface area (Å²) in [4.78, 5) is 0. The number of allylic oxidation sites excluding steroid dienone is 2. The van der Waals surface area contributed by atoms with Crippen LogP contribution in [0.4, 0.5) is 0 Å². The molecule has 2 fully saturated rings. The Labute approximate surface area is 68.7 Å². The van der Waals surface area contributed by atoms with E-state index in [1.54, 1.807) is 5.57 Å². The molecule has 4 rings (SSSR count). The van der Waals surface area contributed by atoms with Crippen molar-refractivity contribution in [3.05, 3.63) is 11.6 Å². The van der Waals surface area contributed by atoms with E-state index in [0.717, 1.165) is 17.3 Å². The lowest BCUT2D eigenvalue weighted by atomic mass is 9.54. The third kappa shape index (κ3) is 0.816. The van der Waals surface area contributed by atoms with Gasteiger partial charge in [-0.1, -0.05) is 18.6 Å². The van der Waals surface area contributed by atoms with Gasteiger partial charge in [-0.15, -0.1) is 0 Å². The van der Waals surface area contributed by atoms with Crippen molar-refractivity contribution in [1.29, 1.82) is 0 Å². The van der Waals surface area contributed by atoms with Gasteiger partial charge >= 0.3 is 0 Å². The molecular weight excluding hydrogens is 132 g/mol. The van der Waals surface area contributed by atoms with Crippen LogP contribution >= 0.6 is 0 Å². The Bertz CT molecular complexity index is 226. The Morgan fingerprint density at radius 1 is 1.45 bits per heavy atom. The van der Waals surface area contributed by atoms with Gasteiger partial charge in [0.25, 0.3) is 0 Å². The first kappa shape index (κ1) is 6.28. The van der Waals surface area contributed by atoms with Crippen LogP contribution in [-0.4, -0.2) is 0 Å². The van der Waals surface area contributed by atoms with Crippen LogP contribution < -0.4 is 0 Å². The number of hydrogen-bond donors (Lipinski definition) is 0. The summed E-state index contributed by atoms with van der Waals surface area (Å²) in [6.07, 6.45) is 10.00. The largest absolute Gasteiger partial charge is 0.0822 e. The van der Waals surface area contributed by atoms with E-state index < -0.39 is 0 Å². The second-order valence-electron chi connectivity index (χ2n) is 5.29. The molecule has 0 saturated heterocycles. The molecule has 0 aromatic rings. The second-order valence-corrected chi connectivity index (χ2v) is 5.29. The molecule has 4 aliphatic rings. The molecule has 0 aliphatic heterocycles. The van der Waals surface area contributed by atoms with Crippen LogP contribution in [0.25, 0.3) is 0 Å². The van der Waals surface area contributed by atoms with Gasteiger partial charge in [0.15, 0.2) is 0 Å². The van der Waals surface area contributed by atoms with Crippen molar-refractivity contribution in [3.8, 4) is 0 Å². The maximum absolute atomic E-state index is 2.58. The molecule has 4 bridgehead atoms. The first-order chi connectivity index (χ1) is 5.23. The Kier molecular flexibility index (Phi) is 0.987. The van der Waals surface area contributed by atoms with Crippen LogP contribution in [0, 0.1) is 17.3 Å². The fourth-order valence-electron chi connectivity index (χ4n) is 3.89. The molecule has 0 aromatic carbocycles. The zero-order chi connectivity index (χ0) is 7.47. The predicted octanol–water partition coefficient (Wildman–Crippen LogP) is 3.14. The summed E-state index contributed by atoms with van der Waals surface area (Å²) < 4.78 is 0. The van der Waals surface area contributed by atoms with Crippen molar-refractivity contribution in [2.75, 3.05) is 0 Å². The van der Waals surface area contributed by atoms with Gasteiger partial charge in [0, 0.05) is 0 Å². The zero-order valence-electron chi connectivity index (χ0n) is 7.27. The van der Waals surface area contributed by atoms with Gasteiger partial charge in [0.05, 0.1) is 0 Å². The monoisotopic (exact) mass is 148 g/mol. The normalized spacial score (nSPS) is 53.0.